The average Bonchev–Trinajstić information content (AvgIpc) is 3.12. The predicted molar refractivity (Wildman–Crippen MR) is 93.5 cm³/mol. The second kappa shape index (κ2) is 7.17. The molecule has 1 atom stereocenters. The van der Waals surface area contributed by atoms with Crippen molar-refractivity contribution in [2.45, 2.75) is 25.9 Å². The number of hydrogen-bond donors (Lipinski definition) is 1. The van der Waals surface area contributed by atoms with Crippen LogP contribution in [0.2, 0.25) is 0 Å². The number of para-hydroxylation sites is 2. The quantitative estimate of drug-likeness (QED) is 0.917. The number of nitrogens with one attached hydrogen (secondary N) is 1. The van der Waals surface area contributed by atoms with Gasteiger partial charge < -0.3 is 14.9 Å². The number of rotatable bonds is 5. The molecule has 0 aliphatic carbocycles. The molecule has 24 heavy (non-hydrogen) atoms. The molecule has 5 heteroatoms. The van der Waals surface area contributed by atoms with Crippen molar-refractivity contribution in [1.82, 2.24) is 0 Å². The molecule has 124 valence electrons. The van der Waals surface area contributed by atoms with Crippen LogP contribution in [0.25, 0.3) is 0 Å². The topological polar surface area (TPSA) is 59.9 Å². The minimum Gasteiger partial charge on any atom is -0.496 e. The highest BCUT2D eigenvalue weighted by Crippen LogP contribution is 2.25. The molecule has 2 aromatic rings. The second-order valence-corrected chi connectivity index (χ2v) is 5.54. The first kappa shape index (κ1) is 16.1. The number of carbonyl (C=O) groups excluding carboxylic acids is 1. The third kappa shape index (κ3) is 3.25. The molecule has 5 nitrogen and oxygen atoms in total. The van der Waals surface area contributed by atoms with E-state index >= 15 is 0 Å². The molecule has 1 N–H and O–H groups in total. The molecule has 1 amide bonds. The predicted octanol–water partition coefficient (Wildman–Crippen LogP) is 3.39. The Morgan fingerprint density at radius 3 is 2.79 bits per heavy atom. The van der Waals surface area contributed by atoms with E-state index in [0.29, 0.717) is 6.42 Å². The van der Waals surface area contributed by atoms with Gasteiger partial charge in [-0.15, -0.1) is 0 Å². The molecule has 1 heterocycles. The van der Waals surface area contributed by atoms with Crippen molar-refractivity contribution in [3.63, 3.8) is 0 Å². The number of hydrogen-bond acceptors (Lipinski definition) is 4. The van der Waals surface area contributed by atoms with Crippen molar-refractivity contribution in [3.8, 4) is 5.75 Å². The fraction of sp³-hybridized carbons (Fsp3) is 0.263. The third-order valence-electron chi connectivity index (χ3n) is 4.04. The lowest BCUT2D eigenvalue weighted by atomic mass is 10.0. The van der Waals surface area contributed by atoms with E-state index in [1.807, 2.05) is 48.5 Å². The summed E-state index contributed by atoms with van der Waals surface area (Å²) < 4.78 is 5.34. The van der Waals surface area contributed by atoms with Crippen LogP contribution in [-0.2, 0) is 16.1 Å². The summed E-state index contributed by atoms with van der Waals surface area (Å²) in [6, 6.07) is 15.3. The van der Waals surface area contributed by atoms with Gasteiger partial charge in [-0.1, -0.05) is 42.4 Å². The highest BCUT2D eigenvalue weighted by molar-refractivity contribution is 6.07. The minimum atomic E-state index is -0.630. The van der Waals surface area contributed by atoms with Gasteiger partial charge in [-0.25, -0.2) is 0 Å². The molecule has 1 aliphatic rings. The lowest BCUT2D eigenvalue weighted by Crippen LogP contribution is -2.28. The third-order valence-corrected chi connectivity index (χ3v) is 4.04. The van der Waals surface area contributed by atoms with Crippen LogP contribution in [-0.4, -0.2) is 24.8 Å². The van der Waals surface area contributed by atoms with Crippen LogP contribution >= 0.6 is 0 Å². The Morgan fingerprint density at radius 1 is 1.25 bits per heavy atom. The van der Waals surface area contributed by atoms with Crippen molar-refractivity contribution in [3.05, 3.63) is 59.7 Å². The number of carbonyl (C=O) groups is 1. The van der Waals surface area contributed by atoms with Gasteiger partial charge in [-0.3, -0.25) is 4.79 Å². The first-order valence-corrected chi connectivity index (χ1v) is 7.97. The van der Waals surface area contributed by atoms with Gasteiger partial charge in [0, 0.05) is 17.7 Å². The average molecular weight is 324 g/mol. The molecule has 0 fully saturated rings. The zero-order valence-corrected chi connectivity index (χ0v) is 13.8. The Bertz CT molecular complexity index is 771. The second-order valence-electron chi connectivity index (χ2n) is 5.54. The van der Waals surface area contributed by atoms with Gasteiger partial charge >= 0.3 is 0 Å². The Kier molecular flexibility index (Phi) is 4.79. The SMILES string of the molecule is CCc1ccccc1NC(=O)[C@@H]1CC(c2ccccc2OC)=NO1. The smallest absolute Gasteiger partial charge is 0.268 e. The van der Waals surface area contributed by atoms with Gasteiger partial charge in [0.05, 0.1) is 12.8 Å². The number of anilines is 1. The van der Waals surface area contributed by atoms with Crippen LogP contribution in [0.5, 0.6) is 5.75 Å². The summed E-state index contributed by atoms with van der Waals surface area (Å²) in [5, 5.41) is 7.01. The first-order chi connectivity index (χ1) is 11.7. The molecular formula is C19H20N2O3. The van der Waals surface area contributed by atoms with Crippen molar-refractivity contribution >= 4 is 17.3 Å². The lowest BCUT2D eigenvalue weighted by Gasteiger charge is -2.12. The van der Waals surface area contributed by atoms with E-state index in [1.165, 1.54) is 0 Å². The molecular weight excluding hydrogens is 304 g/mol. The summed E-state index contributed by atoms with van der Waals surface area (Å²) in [6.07, 6.45) is 0.639. The monoisotopic (exact) mass is 324 g/mol. The Balaban J connectivity index is 1.69. The van der Waals surface area contributed by atoms with Gasteiger partial charge in [0.15, 0.2) is 0 Å². The normalized spacial score (nSPS) is 16.2. The van der Waals surface area contributed by atoms with Crippen molar-refractivity contribution in [2.75, 3.05) is 12.4 Å². The maximum atomic E-state index is 12.5. The number of methoxy groups -OCH3 is 1. The number of benzene rings is 2. The van der Waals surface area contributed by atoms with Gasteiger partial charge in [0.2, 0.25) is 6.10 Å². The van der Waals surface area contributed by atoms with Gasteiger partial charge in [-0.05, 0) is 30.2 Å². The van der Waals surface area contributed by atoms with Crippen LogP contribution in [0.15, 0.2) is 53.7 Å². The van der Waals surface area contributed by atoms with E-state index in [9.17, 15) is 4.79 Å². The van der Waals surface area contributed by atoms with E-state index in [0.717, 1.165) is 34.7 Å². The summed E-state index contributed by atoms with van der Waals surface area (Å²) >= 11 is 0. The highest BCUT2D eigenvalue weighted by Gasteiger charge is 2.30. The fourth-order valence-electron chi connectivity index (χ4n) is 2.72. The van der Waals surface area contributed by atoms with E-state index in [4.69, 9.17) is 9.57 Å². The number of ether oxygens (including phenoxy) is 1. The molecule has 0 saturated carbocycles. The summed E-state index contributed by atoms with van der Waals surface area (Å²) in [5.41, 5.74) is 3.48. The standard InChI is InChI=1S/C19H20N2O3/c1-3-13-8-4-6-10-15(13)20-19(22)18-12-16(21-24-18)14-9-5-7-11-17(14)23-2/h4-11,18H,3,12H2,1-2H3,(H,20,22)/t18-/m0/s1. The van der Waals surface area contributed by atoms with Crippen molar-refractivity contribution < 1.29 is 14.4 Å². The Hall–Kier alpha value is -2.82. The Labute approximate surface area is 141 Å². The van der Waals surface area contributed by atoms with Crippen LogP contribution in [0.4, 0.5) is 5.69 Å². The molecule has 0 unspecified atom stereocenters. The zero-order valence-electron chi connectivity index (χ0n) is 13.8. The van der Waals surface area contributed by atoms with Crippen molar-refractivity contribution in [1.29, 1.82) is 0 Å². The van der Waals surface area contributed by atoms with E-state index in [2.05, 4.69) is 17.4 Å². The van der Waals surface area contributed by atoms with Crippen LogP contribution in [0.1, 0.15) is 24.5 Å². The molecule has 0 bridgehead atoms. The number of aryl methyl sites for hydroxylation is 1. The summed E-state index contributed by atoms with van der Waals surface area (Å²) in [5.74, 6) is 0.529. The number of oxime groups is 1. The first-order valence-electron chi connectivity index (χ1n) is 7.97. The lowest BCUT2D eigenvalue weighted by molar-refractivity contribution is -0.125. The number of amides is 1. The largest absolute Gasteiger partial charge is 0.496 e. The van der Waals surface area contributed by atoms with Gasteiger partial charge in [0.25, 0.3) is 5.91 Å². The summed E-state index contributed by atoms with van der Waals surface area (Å²) in [7, 11) is 1.61. The zero-order chi connectivity index (χ0) is 16.9. The van der Waals surface area contributed by atoms with Crippen LogP contribution in [0.3, 0.4) is 0 Å². The maximum absolute atomic E-state index is 12.5. The fourth-order valence-corrected chi connectivity index (χ4v) is 2.72. The molecule has 2 aromatic carbocycles. The van der Waals surface area contributed by atoms with Crippen molar-refractivity contribution in [2.24, 2.45) is 5.16 Å². The molecule has 0 spiro atoms. The minimum absolute atomic E-state index is 0.190. The molecule has 3 rings (SSSR count). The molecule has 0 saturated heterocycles. The molecule has 0 radical (unpaired) electrons. The highest BCUT2D eigenvalue weighted by atomic mass is 16.6. The molecule has 0 aromatic heterocycles. The van der Waals surface area contributed by atoms with Crippen LogP contribution < -0.4 is 10.1 Å². The van der Waals surface area contributed by atoms with E-state index in [-0.39, 0.29) is 5.91 Å². The van der Waals surface area contributed by atoms with Gasteiger partial charge in [0.1, 0.15) is 5.75 Å². The summed E-state index contributed by atoms with van der Waals surface area (Å²) in [6.45, 7) is 2.06. The maximum Gasteiger partial charge on any atom is 0.268 e. The number of nitrogens with zero attached hydrogens (tertiary/aromatic N) is 1. The van der Waals surface area contributed by atoms with Gasteiger partial charge in [-0.2, -0.15) is 0 Å². The molecule has 1 aliphatic heterocycles. The summed E-state index contributed by atoms with van der Waals surface area (Å²) in [4.78, 5) is 17.8. The van der Waals surface area contributed by atoms with Crippen LogP contribution in [0, 0.1) is 0 Å². The Morgan fingerprint density at radius 2 is 2.00 bits per heavy atom. The van der Waals surface area contributed by atoms with E-state index < -0.39 is 6.10 Å². The van der Waals surface area contributed by atoms with E-state index in [1.54, 1.807) is 7.11 Å².